The van der Waals surface area contributed by atoms with E-state index in [1.54, 1.807) is 31.2 Å². The minimum atomic E-state index is -0.672. The van der Waals surface area contributed by atoms with Gasteiger partial charge in [-0.15, -0.1) is 0 Å². The molecule has 1 atom stereocenters. The molecular weight excluding hydrogens is 366 g/mol. The lowest BCUT2D eigenvalue weighted by Crippen LogP contribution is -2.31. The van der Waals surface area contributed by atoms with Crippen LogP contribution < -0.4 is 10.1 Å². The Morgan fingerprint density at radius 3 is 2.17 bits per heavy atom. The van der Waals surface area contributed by atoms with Crippen LogP contribution in [0.3, 0.4) is 0 Å². The molecule has 0 spiro atoms. The predicted molar refractivity (Wildman–Crippen MR) is 115 cm³/mol. The van der Waals surface area contributed by atoms with Crippen molar-refractivity contribution in [1.29, 1.82) is 0 Å². The second kappa shape index (κ2) is 9.59. The van der Waals surface area contributed by atoms with Crippen LogP contribution in [0, 0.1) is 5.92 Å². The number of anilines is 1. The van der Waals surface area contributed by atoms with Crippen LogP contribution in [0.5, 0.6) is 5.75 Å². The van der Waals surface area contributed by atoms with E-state index in [2.05, 4.69) is 26.1 Å². The number of hydrogen-bond acceptors (Lipinski definition) is 4. The maximum absolute atomic E-state index is 12.5. The first-order chi connectivity index (χ1) is 13.6. The van der Waals surface area contributed by atoms with Gasteiger partial charge in [-0.2, -0.15) is 0 Å². The third kappa shape index (κ3) is 6.63. The summed E-state index contributed by atoms with van der Waals surface area (Å²) >= 11 is 0. The molecular formula is C24H31NO4. The zero-order chi connectivity index (χ0) is 21.6. The Bertz CT molecular complexity index is 835. The Morgan fingerprint density at radius 2 is 1.59 bits per heavy atom. The van der Waals surface area contributed by atoms with Gasteiger partial charge in [0.15, 0.2) is 6.10 Å². The molecule has 2 aromatic rings. The smallest absolute Gasteiger partial charge is 0.338 e. The largest absolute Gasteiger partial charge is 0.481 e. The fraction of sp³-hybridized carbons (Fsp3) is 0.417. The lowest BCUT2D eigenvalue weighted by Gasteiger charge is -2.24. The van der Waals surface area contributed by atoms with E-state index >= 15 is 0 Å². The number of para-hydroxylation sites is 1. The van der Waals surface area contributed by atoms with E-state index in [1.165, 1.54) is 0 Å². The van der Waals surface area contributed by atoms with Crippen molar-refractivity contribution < 1.29 is 19.1 Å². The Hall–Kier alpha value is -2.82. The summed E-state index contributed by atoms with van der Waals surface area (Å²) in [5, 5.41) is 2.82. The molecule has 0 heterocycles. The van der Waals surface area contributed by atoms with Crippen molar-refractivity contribution in [3.8, 4) is 5.75 Å². The molecule has 0 fully saturated rings. The van der Waals surface area contributed by atoms with Gasteiger partial charge < -0.3 is 14.8 Å². The van der Waals surface area contributed by atoms with Crippen molar-refractivity contribution in [3.63, 3.8) is 0 Å². The number of benzene rings is 2. The van der Waals surface area contributed by atoms with Gasteiger partial charge in [0.25, 0.3) is 5.91 Å². The summed E-state index contributed by atoms with van der Waals surface area (Å²) in [6.45, 7) is 12.4. The first-order valence-electron chi connectivity index (χ1n) is 9.92. The summed E-state index contributed by atoms with van der Waals surface area (Å²) in [5.41, 5.74) is 2.00. The molecule has 1 N–H and O–H groups in total. The van der Waals surface area contributed by atoms with Gasteiger partial charge in [-0.05, 0) is 54.2 Å². The number of hydrogen-bond donors (Lipinski definition) is 1. The van der Waals surface area contributed by atoms with E-state index in [9.17, 15) is 9.59 Å². The lowest BCUT2D eigenvalue weighted by atomic mass is 9.86. The van der Waals surface area contributed by atoms with Gasteiger partial charge >= 0.3 is 5.97 Å². The Balaban J connectivity index is 1.99. The summed E-state index contributed by atoms with van der Waals surface area (Å²) < 4.78 is 11.1. The number of nitrogens with one attached hydrogen (secondary N) is 1. The average Bonchev–Trinajstić information content (AvgIpc) is 2.66. The Kier molecular flexibility index (Phi) is 7.43. The number of carbonyl (C=O) groups excluding carboxylic acids is 2. The summed E-state index contributed by atoms with van der Waals surface area (Å²) in [6.07, 6.45) is -0.672. The Morgan fingerprint density at radius 1 is 0.966 bits per heavy atom. The second-order valence-corrected chi connectivity index (χ2v) is 8.57. The van der Waals surface area contributed by atoms with E-state index in [0.717, 1.165) is 5.56 Å². The second-order valence-electron chi connectivity index (χ2n) is 8.57. The van der Waals surface area contributed by atoms with Crippen LogP contribution in [0.15, 0.2) is 48.5 Å². The van der Waals surface area contributed by atoms with Crippen LogP contribution in [0.2, 0.25) is 0 Å². The highest BCUT2D eigenvalue weighted by atomic mass is 16.5. The molecule has 0 saturated carbocycles. The van der Waals surface area contributed by atoms with E-state index in [0.29, 0.717) is 23.6 Å². The molecule has 0 bridgehead atoms. The standard InChI is InChI=1S/C24H31NO4/c1-16(2)15-28-23(27)18-11-13-19(14-12-18)25-22(26)17(3)29-21-10-8-7-9-20(21)24(4,5)6/h7-14,16-17H,15H2,1-6H3,(H,25,26). The van der Waals surface area contributed by atoms with Crippen molar-refractivity contribution in [2.75, 3.05) is 11.9 Å². The number of esters is 1. The topological polar surface area (TPSA) is 64.6 Å². The summed E-state index contributed by atoms with van der Waals surface area (Å²) in [5.74, 6) is 0.351. The van der Waals surface area contributed by atoms with E-state index < -0.39 is 6.10 Å². The minimum Gasteiger partial charge on any atom is -0.481 e. The molecule has 0 saturated heterocycles. The molecule has 0 aliphatic rings. The fourth-order valence-corrected chi connectivity index (χ4v) is 2.69. The maximum atomic E-state index is 12.5. The third-order valence-electron chi connectivity index (χ3n) is 4.30. The third-order valence-corrected chi connectivity index (χ3v) is 4.30. The number of amides is 1. The molecule has 5 heteroatoms. The fourth-order valence-electron chi connectivity index (χ4n) is 2.69. The highest BCUT2D eigenvalue weighted by Gasteiger charge is 2.22. The Labute approximate surface area is 173 Å². The van der Waals surface area contributed by atoms with Gasteiger partial charge in [-0.3, -0.25) is 4.79 Å². The van der Waals surface area contributed by atoms with Gasteiger partial charge in [-0.25, -0.2) is 4.79 Å². The quantitative estimate of drug-likeness (QED) is 0.652. The lowest BCUT2D eigenvalue weighted by molar-refractivity contribution is -0.122. The highest BCUT2D eigenvalue weighted by Crippen LogP contribution is 2.31. The number of rotatable bonds is 7. The predicted octanol–water partition coefficient (Wildman–Crippen LogP) is 5.20. The van der Waals surface area contributed by atoms with Crippen molar-refractivity contribution >= 4 is 17.6 Å². The van der Waals surface area contributed by atoms with Crippen LogP contribution in [-0.2, 0) is 14.9 Å². The molecule has 0 radical (unpaired) electrons. The molecule has 156 valence electrons. The van der Waals surface area contributed by atoms with E-state index in [-0.39, 0.29) is 23.2 Å². The van der Waals surface area contributed by atoms with Gasteiger partial charge in [-0.1, -0.05) is 52.8 Å². The summed E-state index contributed by atoms with van der Waals surface area (Å²) in [4.78, 5) is 24.5. The first kappa shape index (κ1) is 22.5. The van der Waals surface area contributed by atoms with Gasteiger partial charge in [0.05, 0.1) is 12.2 Å². The molecule has 29 heavy (non-hydrogen) atoms. The zero-order valence-corrected chi connectivity index (χ0v) is 18.1. The normalized spacial score (nSPS) is 12.4. The first-order valence-corrected chi connectivity index (χ1v) is 9.92. The SMILES string of the molecule is CC(C)COC(=O)c1ccc(NC(=O)C(C)Oc2ccccc2C(C)(C)C)cc1. The highest BCUT2D eigenvalue weighted by molar-refractivity contribution is 5.95. The monoisotopic (exact) mass is 397 g/mol. The van der Waals surface area contributed by atoms with E-state index in [4.69, 9.17) is 9.47 Å². The molecule has 1 unspecified atom stereocenters. The van der Waals surface area contributed by atoms with Crippen molar-refractivity contribution in [2.45, 2.75) is 53.1 Å². The molecule has 0 aliphatic heterocycles. The van der Waals surface area contributed by atoms with E-state index in [1.807, 2.05) is 38.1 Å². The molecule has 0 aliphatic carbocycles. The molecule has 1 amide bonds. The van der Waals surface area contributed by atoms with Crippen LogP contribution in [0.4, 0.5) is 5.69 Å². The average molecular weight is 398 g/mol. The summed E-state index contributed by atoms with van der Waals surface area (Å²) in [7, 11) is 0. The number of carbonyl (C=O) groups is 2. The van der Waals surface area contributed by atoms with Crippen LogP contribution in [0.25, 0.3) is 0 Å². The van der Waals surface area contributed by atoms with Gasteiger partial charge in [0.1, 0.15) is 5.75 Å². The van der Waals surface area contributed by atoms with Gasteiger partial charge in [0, 0.05) is 5.69 Å². The summed E-state index contributed by atoms with van der Waals surface area (Å²) in [6, 6.07) is 14.4. The van der Waals surface area contributed by atoms with Crippen molar-refractivity contribution in [3.05, 3.63) is 59.7 Å². The molecule has 5 nitrogen and oxygen atoms in total. The van der Waals surface area contributed by atoms with Crippen LogP contribution in [0.1, 0.15) is 57.5 Å². The molecule has 0 aromatic heterocycles. The van der Waals surface area contributed by atoms with Crippen molar-refractivity contribution in [1.82, 2.24) is 0 Å². The maximum Gasteiger partial charge on any atom is 0.338 e. The minimum absolute atomic E-state index is 0.0905. The zero-order valence-electron chi connectivity index (χ0n) is 18.1. The van der Waals surface area contributed by atoms with Crippen LogP contribution in [-0.4, -0.2) is 24.6 Å². The molecule has 2 rings (SSSR count). The van der Waals surface area contributed by atoms with Crippen molar-refractivity contribution in [2.24, 2.45) is 5.92 Å². The molecule has 2 aromatic carbocycles. The number of ether oxygens (including phenoxy) is 2. The van der Waals surface area contributed by atoms with Gasteiger partial charge in [0.2, 0.25) is 0 Å². The van der Waals surface area contributed by atoms with Crippen LogP contribution >= 0.6 is 0 Å².